The summed E-state index contributed by atoms with van der Waals surface area (Å²) in [6.07, 6.45) is -0.293. The quantitative estimate of drug-likeness (QED) is 0.561. The van der Waals surface area contributed by atoms with Crippen molar-refractivity contribution in [2.45, 2.75) is 31.2 Å². The first kappa shape index (κ1) is 18.9. The summed E-state index contributed by atoms with van der Waals surface area (Å²) in [6, 6.07) is 16.9. The van der Waals surface area contributed by atoms with Gasteiger partial charge in [0.05, 0.1) is 19.3 Å². The molecule has 5 rings (SSSR count). The zero-order valence-electron chi connectivity index (χ0n) is 16.5. The van der Waals surface area contributed by atoms with Crippen molar-refractivity contribution >= 4 is 46.3 Å². The summed E-state index contributed by atoms with van der Waals surface area (Å²) in [5.41, 5.74) is -0.416. The molecular weight excluding hydrogens is 402 g/mol. The molecule has 8 heteroatoms. The molecule has 152 valence electrons. The first-order valence-corrected chi connectivity index (χ1v) is 9.97. The fraction of sp³-hybridized carbons (Fsp3) is 0.273. The van der Waals surface area contributed by atoms with Crippen LogP contribution in [0.1, 0.15) is 18.9 Å². The number of carbonyl (C=O) groups is 2. The van der Waals surface area contributed by atoms with Crippen molar-refractivity contribution in [2.75, 3.05) is 12.0 Å². The molecule has 2 atom stereocenters. The maximum Gasteiger partial charge on any atom is 0.311 e. The second kappa shape index (κ2) is 6.45. The summed E-state index contributed by atoms with van der Waals surface area (Å²) in [6.45, 7) is 2.14. The summed E-state index contributed by atoms with van der Waals surface area (Å²) >= 11 is 5.84. The lowest BCUT2D eigenvalue weighted by molar-refractivity contribution is -0.172. The van der Waals surface area contributed by atoms with Crippen LogP contribution < -0.4 is 4.90 Å². The van der Waals surface area contributed by atoms with Gasteiger partial charge in [0.25, 0.3) is 5.91 Å². The molecule has 3 heterocycles. The van der Waals surface area contributed by atoms with E-state index in [0.29, 0.717) is 23.1 Å². The summed E-state index contributed by atoms with van der Waals surface area (Å²) in [4.78, 5) is 34.6. The third kappa shape index (κ3) is 2.41. The summed E-state index contributed by atoms with van der Waals surface area (Å²) in [7, 11) is 1.29. The van der Waals surface area contributed by atoms with Crippen molar-refractivity contribution < 1.29 is 19.1 Å². The number of nitrogens with zero attached hydrogens (tertiary/aromatic N) is 3. The van der Waals surface area contributed by atoms with Crippen LogP contribution in [0.2, 0.25) is 0 Å². The maximum atomic E-state index is 13.9. The molecular formula is C22H19N3O4S. The van der Waals surface area contributed by atoms with Crippen molar-refractivity contribution in [1.29, 1.82) is 0 Å². The number of aliphatic imine (C=N–C) groups is 1. The fourth-order valence-corrected chi connectivity index (χ4v) is 4.75. The smallest absolute Gasteiger partial charge is 0.311 e. The SMILES string of the molecule is COC(=O)CC12OC(C)(C(=S)N1c1ccccc1)C1=Nc3ccccc3CN1C2=O. The molecule has 0 aliphatic carbocycles. The number of ether oxygens (including phenoxy) is 2. The number of benzene rings is 2. The molecule has 0 saturated carbocycles. The average molecular weight is 421 g/mol. The molecule has 0 radical (unpaired) electrons. The average Bonchev–Trinajstić information content (AvgIpc) is 2.97. The van der Waals surface area contributed by atoms with Crippen LogP contribution in [0, 0.1) is 0 Å². The number of anilines is 1. The summed E-state index contributed by atoms with van der Waals surface area (Å²) < 4.78 is 11.3. The minimum absolute atomic E-state index is 0.293. The number of para-hydroxylation sites is 2. The number of methoxy groups -OCH3 is 1. The van der Waals surface area contributed by atoms with Crippen LogP contribution in [0.5, 0.6) is 0 Å². The fourth-order valence-electron chi connectivity index (χ4n) is 4.36. The Labute approximate surface area is 178 Å². The number of morpholine rings is 1. The predicted molar refractivity (Wildman–Crippen MR) is 114 cm³/mol. The van der Waals surface area contributed by atoms with Gasteiger partial charge in [0.1, 0.15) is 11.4 Å². The minimum Gasteiger partial charge on any atom is -0.469 e. The first-order chi connectivity index (χ1) is 14.4. The van der Waals surface area contributed by atoms with Gasteiger partial charge in [-0.15, -0.1) is 0 Å². The molecule has 3 aliphatic rings. The minimum atomic E-state index is -1.63. The lowest BCUT2D eigenvalue weighted by Crippen LogP contribution is -2.65. The van der Waals surface area contributed by atoms with Gasteiger partial charge in [-0.1, -0.05) is 48.6 Å². The number of thiocarbonyl (C=S) groups is 1. The number of hydrogen-bond acceptors (Lipinski definition) is 6. The van der Waals surface area contributed by atoms with Gasteiger partial charge in [-0.3, -0.25) is 19.4 Å². The van der Waals surface area contributed by atoms with Crippen LogP contribution in [-0.4, -0.2) is 46.0 Å². The Morgan fingerprint density at radius 3 is 2.63 bits per heavy atom. The number of amidine groups is 1. The Kier molecular flexibility index (Phi) is 4.06. The zero-order valence-corrected chi connectivity index (χ0v) is 17.3. The molecule has 7 nitrogen and oxygen atoms in total. The molecule has 2 aromatic rings. The third-order valence-electron chi connectivity index (χ3n) is 5.78. The van der Waals surface area contributed by atoms with E-state index in [0.717, 1.165) is 11.3 Å². The van der Waals surface area contributed by atoms with E-state index in [-0.39, 0.29) is 12.3 Å². The third-order valence-corrected chi connectivity index (χ3v) is 6.35. The van der Waals surface area contributed by atoms with Gasteiger partial charge in [-0.05, 0) is 30.7 Å². The standard InChI is InChI=1S/C22H19N3O4S/c1-21-18-23-16-11-7-6-8-14(16)13-24(18)19(27)22(29-21,12-17(26)28-2)25(20(21)30)15-9-4-3-5-10-15/h3-11H,12-13H2,1-2H3. The topological polar surface area (TPSA) is 71.4 Å². The summed E-state index contributed by atoms with van der Waals surface area (Å²) in [5.74, 6) is -0.508. The lowest BCUT2D eigenvalue weighted by Gasteiger charge is -2.45. The van der Waals surface area contributed by atoms with Crippen molar-refractivity contribution in [3.05, 3.63) is 60.2 Å². The van der Waals surface area contributed by atoms with E-state index in [9.17, 15) is 9.59 Å². The molecule has 2 unspecified atom stereocenters. The van der Waals surface area contributed by atoms with E-state index in [1.165, 1.54) is 7.11 Å². The molecule has 3 aliphatic heterocycles. The predicted octanol–water partition coefficient (Wildman–Crippen LogP) is 2.95. The zero-order chi connectivity index (χ0) is 21.1. The molecule has 2 fully saturated rings. The van der Waals surface area contributed by atoms with Gasteiger partial charge in [-0.2, -0.15) is 0 Å². The van der Waals surface area contributed by atoms with E-state index in [4.69, 9.17) is 26.7 Å². The largest absolute Gasteiger partial charge is 0.469 e. The van der Waals surface area contributed by atoms with Gasteiger partial charge in [-0.25, -0.2) is 4.99 Å². The van der Waals surface area contributed by atoms with Gasteiger partial charge >= 0.3 is 5.97 Å². The lowest BCUT2D eigenvalue weighted by atomic mass is 9.97. The van der Waals surface area contributed by atoms with Crippen molar-refractivity contribution in [2.24, 2.45) is 4.99 Å². The number of carbonyl (C=O) groups excluding carboxylic acids is 2. The molecule has 0 aromatic heterocycles. The number of esters is 1. The number of fused-ring (bicyclic) bond motifs is 5. The van der Waals surface area contributed by atoms with E-state index in [1.54, 1.807) is 16.7 Å². The maximum absolute atomic E-state index is 13.9. The van der Waals surface area contributed by atoms with E-state index < -0.39 is 17.3 Å². The highest BCUT2D eigenvalue weighted by molar-refractivity contribution is 7.81. The van der Waals surface area contributed by atoms with Crippen LogP contribution >= 0.6 is 12.2 Å². The van der Waals surface area contributed by atoms with Crippen LogP contribution in [0.3, 0.4) is 0 Å². The Morgan fingerprint density at radius 2 is 1.90 bits per heavy atom. The van der Waals surface area contributed by atoms with E-state index >= 15 is 0 Å². The molecule has 1 amide bonds. The van der Waals surface area contributed by atoms with Crippen molar-refractivity contribution in [3.8, 4) is 0 Å². The Morgan fingerprint density at radius 1 is 1.20 bits per heavy atom. The van der Waals surface area contributed by atoms with Crippen LogP contribution in [-0.2, 0) is 25.6 Å². The molecule has 2 bridgehead atoms. The second-order valence-electron chi connectivity index (χ2n) is 7.60. The molecule has 2 aromatic carbocycles. The normalized spacial score (nSPS) is 26.8. The second-order valence-corrected chi connectivity index (χ2v) is 7.99. The van der Waals surface area contributed by atoms with E-state index in [2.05, 4.69) is 0 Å². The van der Waals surface area contributed by atoms with Gasteiger partial charge in [0.2, 0.25) is 5.72 Å². The highest BCUT2D eigenvalue weighted by atomic mass is 32.1. The Balaban J connectivity index is 1.73. The molecule has 0 spiro atoms. The van der Waals surface area contributed by atoms with Gasteiger partial charge in [0.15, 0.2) is 11.4 Å². The number of amides is 1. The highest BCUT2D eigenvalue weighted by Gasteiger charge is 2.70. The van der Waals surface area contributed by atoms with Gasteiger partial charge < -0.3 is 9.47 Å². The molecule has 2 saturated heterocycles. The number of rotatable bonds is 3. The van der Waals surface area contributed by atoms with Crippen LogP contribution in [0.4, 0.5) is 11.4 Å². The van der Waals surface area contributed by atoms with Crippen LogP contribution in [0.15, 0.2) is 59.6 Å². The number of hydrogen-bond donors (Lipinski definition) is 0. The molecule has 30 heavy (non-hydrogen) atoms. The Hall–Kier alpha value is -3.10. The van der Waals surface area contributed by atoms with Gasteiger partial charge in [0, 0.05) is 5.69 Å². The van der Waals surface area contributed by atoms with Crippen molar-refractivity contribution in [1.82, 2.24) is 4.90 Å². The van der Waals surface area contributed by atoms with E-state index in [1.807, 2.05) is 54.6 Å². The highest BCUT2D eigenvalue weighted by Crippen LogP contribution is 2.49. The summed E-state index contributed by atoms with van der Waals surface area (Å²) in [5, 5.41) is 0. The monoisotopic (exact) mass is 421 g/mol. The first-order valence-electron chi connectivity index (χ1n) is 9.56. The molecule has 0 N–H and O–H groups in total. The van der Waals surface area contributed by atoms with Crippen LogP contribution in [0.25, 0.3) is 0 Å². The Bertz CT molecular complexity index is 1120. The van der Waals surface area contributed by atoms with Crippen molar-refractivity contribution in [3.63, 3.8) is 0 Å².